The Morgan fingerprint density at radius 1 is 1.06 bits per heavy atom. The second kappa shape index (κ2) is 4.87. The van der Waals surface area contributed by atoms with E-state index in [4.69, 9.17) is 0 Å². The third-order valence-electron chi connectivity index (χ3n) is 3.59. The van der Waals surface area contributed by atoms with Crippen molar-refractivity contribution in [3.8, 4) is 0 Å². The second-order valence-corrected chi connectivity index (χ2v) is 5.16. The Bertz CT molecular complexity index is 457. The molecule has 0 fully saturated rings. The number of aryl methyl sites for hydroxylation is 3. The molecule has 1 aromatic carbocycles. The van der Waals surface area contributed by atoms with Crippen LogP contribution in [0.4, 0.5) is 0 Å². The minimum Gasteiger partial charge on any atom is -0.299 e. The normalized spacial score (nSPS) is 15.9. The van der Waals surface area contributed by atoms with E-state index >= 15 is 0 Å². The number of Topliss-reactive ketones (excluding diaryl/α,β-unsaturated/α-hetero) is 1. The Morgan fingerprint density at radius 2 is 1.71 bits per heavy atom. The van der Waals surface area contributed by atoms with E-state index in [-0.39, 0.29) is 0 Å². The molecule has 1 heteroatoms. The highest BCUT2D eigenvalue weighted by Gasteiger charge is 2.12. The Kier molecular flexibility index (Phi) is 3.46. The minimum absolute atomic E-state index is 0.381. The smallest absolute Gasteiger partial charge is 0.136 e. The lowest BCUT2D eigenvalue weighted by atomic mass is 9.89. The first-order valence-electron chi connectivity index (χ1n) is 6.32. The fourth-order valence-corrected chi connectivity index (χ4v) is 2.64. The van der Waals surface area contributed by atoms with E-state index in [1.165, 1.54) is 27.8 Å². The summed E-state index contributed by atoms with van der Waals surface area (Å²) < 4.78 is 0. The van der Waals surface area contributed by atoms with Gasteiger partial charge >= 0.3 is 0 Å². The van der Waals surface area contributed by atoms with Gasteiger partial charge in [0.05, 0.1) is 0 Å². The molecule has 0 heterocycles. The van der Waals surface area contributed by atoms with Crippen LogP contribution in [0.15, 0.2) is 23.8 Å². The molecule has 0 N–H and O–H groups in total. The van der Waals surface area contributed by atoms with Crippen LogP contribution in [0.5, 0.6) is 0 Å². The van der Waals surface area contributed by atoms with Crippen LogP contribution in [-0.4, -0.2) is 5.78 Å². The molecule has 0 atom stereocenters. The molecule has 1 aromatic rings. The van der Waals surface area contributed by atoms with Gasteiger partial charge in [0.1, 0.15) is 5.78 Å². The van der Waals surface area contributed by atoms with Crippen molar-refractivity contribution in [1.29, 1.82) is 0 Å². The molecule has 0 saturated carbocycles. The van der Waals surface area contributed by atoms with Crippen LogP contribution in [0.1, 0.15) is 41.5 Å². The van der Waals surface area contributed by atoms with Gasteiger partial charge in [0.2, 0.25) is 0 Å². The van der Waals surface area contributed by atoms with Crippen molar-refractivity contribution in [3.63, 3.8) is 0 Å². The summed E-state index contributed by atoms with van der Waals surface area (Å²) in [6, 6.07) is 4.49. The van der Waals surface area contributed by atoms with Gasteiger partial charge in [-0.05, 0) is 50.3 Å². The van der Waals surface area contributed by atoms with E-state index in [1.54, 1.807) is 0 Å². The van der Waals surface area contributed by atoms with Gasteiger partial charge in [-0.1, -0.05) is 29.3 Å². The fourth-order valence-electron chi connectivity index (χ4n) is 2.64. The number of carbonyl (C=O) groups excluding carboxylic acids is 1. The van der Waals surface area contributed by atoms with Crippen LogP contribution in [-0.2, 0) is 11.2 Å². The molecule has 0 unspecified atom stereocenters. The molecule has 0 saturated heterocycles. The Hall–Kier alpha value is -1.37. The summed E-state index contributed by atoms with van der Waals surface area (Å²) in [5.41, 5.74) is 6.95. The van der Waals surface area contributed by atoms with Crippen molar-refractivity contribution in [2.24, 2.45) is 0 Å². The average Bonchev–Trinajstić information content (AvgIpc) is 2.26. The summed E-state index contributed by atoms with van der Waals surface area (Å²) >= 11 is 0. The predicted molar refractivity (Wildman–Crippen MR) is 71.3 cm³/mol. The number of hydrogen-bond donors (Lipinski definition) is 0. The largest absolute Gasteiger partial charge is 0.299 e. The zero-order valence-electron chi connectivity index (χ0n) is 11.0. The van der Waals surface area contributed by atoms with Crippen molar-refractivity contribution in [3.05, 3.63) is 46.0 Å². The van der Waals surface area contributed by atoms with Crippen LogP contribution >= 0.6 is 0 Å². The number of rotatable bonds is 2. The highest BCUT2D eigenvalue weighted by atomic mass is 16.1. The summed E-state index contributed by atoms with van der Waals surface area (Å²) in [5.74, 6) is 0.381. The fraction of sp³-hybridized carbons (Fsp3) is 0.438. The summed E-state index contributed by atoms with van der Waals surface area (Å²) in [6.07, 6.45) is 5.47. The number of allylic oxidation sites excluding steroid dienone is 2. The Balaban J connectivity index is 2.22. The maximum Gasteiger partial charge on any atom is 0.136 e. The third-order valence-corrected chi connectivity index (χ3v) is 3.59. The van der Waals surface area contributed by atoms with Crippen molar-refractivity contribution in [2.45, 2.75) is 46.5 Å². The van der Waals surface area contributed by atoms with Crippen molar-refractivity contribution in [1.82, 2.24) is 0 Å². The maximum atomic E-state index is 11.2. The first-order valence-corrected chi connectivity index (χ1v) is 6.32. The maximum absolute atomic E-state index is 11.2. The van der Waals surface area contributed by atoms with Crippen molar-refractivity contribution >= 4 is 5.78 Å². The molecule has 0 aromatic heterocycles. The number of benzene rings is 1. The quantitative estimate of drug-likeness (QED) is 0.703. The molecular weight excluding hydrogens is 208 g/mol. The molecule has 0 spiro atoms. The molecule has 1 aliphatic rings. The van der Waals surface area contributed by atoms with E-state index in [0.29, 0.717) is 12.2 Å². The molecule has 90 valence electrons. The minimum atomic E-state index is 0.381. The number of hydrogen-bond acceptors (Lipinski definition) is 1. The SMILES string of the molecule is Cc1cc(C)c(CC2=CCC(=O)CC2)c(C)c1. The number of carbonyl (C=O) groups is 1. The second-order valence-electron chi connectivity index (χ2n) is 5.16. The standard InChI is InChI=1S/C16H20O/c1-11-8-12(2)16(13(3)9-11)10-14-4-6-15(17)7-5-14/h4,8-9H,5-7,10H2,1-3H3. The van der Waals surface area contributed by atoms with Gasteiger partial charge in [0.25, 0.3) is 0 Å². The zero-order chi connectivity index (χ0) is 12.4. The predicted octanol–water partition coefficient (Wildman–Crippen LogP) is 3.83. The summed E-state index contributed by atoms with van der Waals surface area (Å²) in [7, 11) is 0. The van der Waals surface area contributed by atoms with Gasteiger partial charge in [0, 0.05) is 12.8 Å². The topological polar surface area (TPSA) is 17.1 Å². The molecular formula is C16H20O. The van der Waals surface area contributed by atoms with E-state index in [2.05, 4.69) is 39.0 Å². The Morgan fingerprint density at radius 3 is 2.24 bits per heavy atom. The summed E-state index contributed by atoms with van der Waals surface area (Å²) in [5, 5.41) is 0. The lowest BCUT2D eigenvalue weighted by Crippen LogP contribution is -2.06. The van der Waals surface area contributed by atoms with Crippen LogP contribution in [0, 0.1) is 20.8 Å². The third kappa shape index (κ3) is 2.85. The van der Waals surface area contributed by atoms with E-state index < -0.39 is 0 Å². The zero-order valence-corrected chi connectivity index (χ0v) is 11.0. The van der Waals surface area contributed by atoms with Gasteiger partial charge in [-0.15, -0.1) is 0 Å². The molecule has 1 nitrogen and oxygen atoms in total. The summed E-state index contributed by atoms with van der Waals surface area (Å²) in [4.78, 5) is 11.2. The van der Waals surface area contributed by atoms with Crippen LogP contribution in [0.3, 0.4) is 0 Å². The lowest BCUT2D eigenvalue weighted by molar-refractivity contribution is -0.118. The van der Waals surface area contributed by atoms with Gasteiger partial charge in [-0.3, -0.25) is 4.79 Å². The summed E-state index contributed by atoms with van der Waals surface area (Å²) in [6.45, 7) is 6.51. The average molecular weight is 228 g/mol. The van der Waals surface area contributed by atoms with Crippen molar-refractivity contribution in [2.75, 3.05) is 0 Å². The highest BCUT2D eigenvalue weighted by Crippen LogP contribution is 2.24. The van der Waals surface area contributed by atoms with Gasteiger partial charge < -0.3 is 0 Å². The van der Waals surface area contributed by atoms with E-state index in [1.807, 2.05) is 0 Å². The molecule has 17 heavy (non-hydrogen) atoms. The molecule has 0 amide bonds. The molecule has 0 radical (unpaired) electrons. The van der Waals surface area contributed by atoms with Gasteiger partial charge in [0.15, 0.2) is 0 Å². The van der Waals surface area contributed by atoms with Crippen LogP contribution in [0.2, 0.25) is 0 Å². The monoisotopic (exact) mass is 228 g/mol. The molecule has 2 rings (SSSR count). The highest BCUT2D eigenvalue weighted by molar-refractivity contribution is 5.81. The molecule has 0 aliphatic heterocycles. The van der Waals surface area contributed by atoms with Crippen molar-refractivity contribution < 1.29 is 4.79 Å². The first-order chi connectivity index (χ1) is 8.06. The number of ketones is 1. The molecule has 0 bridgehead atoms. The van der Waals surface area contributed by atoms with Gasteiger partial charge in [-0.25, -0.2) is 0 Å². The van der Waals surface area contributed by atoms with E-state index in [0.717, 1.165) is 19.3 Å². The lowest BCUT2D eigenvalue weighted by Gasteiger charge is -2.16. The van der Waals surface area contributed by atoms with Crippen LogP contribution < -0.4 is 0 Å². The van der Waals surface area contributed by atoms with E-state index in [9.17, 15) is 4.79 Å². The first kappa shape index (κ1) is 12.1. The van der Waals surface area contributed by atoms with Crippen LogP contribution in [0.25, 0.3) is 0 Å². The Labute approximate surface area is 104 Å². The molecule has 1 aliphatic carbocycles. The van der Waals surface area contributed by atoms with Gasteiger partial charge in [-0.2, -0.15) is 0 Å².